The largest absolute Gasteiger partial charge is 0.354 e. The Morgan fingerprint density at radius 2 is 1.85 bits per heavy atom. The maximum absolute atomic E-state index is 5.54. The van der Waals surface area contributed by atoms with Crippen LogP contribution in [0.15, 0.2) is 6.33 Å². The number of aromatic nitrogens is 2. The van der Waals surface area contributed by atoms with E-state index in [9.17, 15) is 0 Å². The number of nitrogens with zero attached hydrogens (tertiary/aromatic N) is 4. The van der Waals surface area contributed by atoms with Gasteiger partial charge < -0.3 is 10.3 Å². The first kappa shape index (κ1) is 15.0. The van der Waals surface area contributed by atoms with Gasteiger partial charge in [0.1, 0.15) is 18.0 Å². The lowest BCUT2D eigenvalue weighted by Crippen LogP contribution is -2.53. The van der Waals surface area contributed by atoms with E-state index in [1.54, 1.807) is 6.33 Å². The maximum atomic E-state index is 5.54. The van der Waals surface area contributed by atoms with Gasteiger partial charge in [0.2, 0.25) is 0 Å². The van der Waals surface area contributed by atoms with Gasteiger partial charge in [-0.3, -0.25) is 4.90 Å². The van der Waals surface area contributed by atoms with Crippen LogP contribution in [0, 0.1) is 0 Å². The molecule has 1 aromatic heterocycles. The van der Waals surface area contributed by atoms with E-state index in [0.29, 0.717) is 0 Å². The SMILES string of the molecule is CCc1c(NN)ncnc1N1CCN(C(C)(C)C)CC1. The molecule has 112 valence electrons. The smallest absolute Gasteiger partial charge is 0.148 e. The van der Waals surface area contributed by atoms with E-state index in [-0.39, 0.29) is 5.54 Å². The van der Waals surface area contributed by atoms with E-state index in [2.05, 4.69) is 52.9 Å². The van der Waals surface area contributed by atoms with Crippen LogP contribution in [0.2, 0.25) is 0 Å². The van der Waals surface area contributed by atoms with E-state index in [0.717, 1.165) is 49.8 Å². The van der Waals surface area contributed by atoms with Crippen molar-refractivity contribution in [2.75, 3.05) is 36.5 Å². The minimum atomic E-state index is 0.231. The lowest BCUT2D eigenvalue weighted by Gasteiger charge is -2.43. The Labute approximate surface area is 121 Å². The fourth-order valence-corrected chi connectivity index (χ4v) is 2.71. The summed E-state index contributed by atoms with van der Waals surface area (Å²) in [5.41, 5.74) is 4.00. The first-order valence-electron chi connectivity index (χ1n) is 7.28. The van der Waals surface area contributed by atoms with Gasteiger partial charge in [0, 0.05) is 37.3 Å². The number of nitrogens with one attached hydrogen (secondary N) is 1. The van der Waals surface area contributed by atoms with Crippen LogP contribution in [0.3, 0.4) is 0 Å². The van der Waals surface area contributed by atoms with Crippen molar-refractivity contribution in [3.63, 3.8) is 0 Å². The molecule has 1 saturated heterocycles. The van der Waals surface area contributed by atoms with Gasteiger partial charge in [-0.15, -0.1) is 0 Å². The Kier molecular flexibility index (Phi) is 4.45. The van der Waals surface area contributed by atoms with Crippen LogP contribution in [-0.2, 0) is 6.42 Å². The van der Waals surface area contributed by atoms with Crippen LogP contribution in [0.4, 0.5) is 11.6 Å². The van der Waals surface area contributed by atoms with Crippen molar-refractivity contribution in [1.29, 1.82) is 0 Å². The average Bonchev–Trinajstić information content (AvgIpc) is 2.45. The molecule has 1 aliphatic rings. The van der Waals surface area contributed by atoms with Crippen LogP contribution >= 0.6 is 0 Å². The van der Waals surface area contributed by atoms with Gasteiger partial charge in [-0.1, -0.05) is 6.92 Å². The van der Waals surface area contributed by atoms with Crippen molar-refractivity contribution in [3.05, 3.63) is 11.9 Å². The van der Waals surface area contributed by atoms with Crippen LogP contribution in [0.5, 0.6) is 0 Å². The molecule has 3 N–H and O–H groups in total. The molecule has 0 spiro atoms. The first-order chi connectivity index (χ1) is 9.47. The number of hydrazine groups is 1. The molecule has 0 amide bonds. The van der Waals surface area contributed by atoms with Crippen molar-refractivity contribution < 1.29 is 0 Å². The molecule has 0 radical (unpaired) electrons. The minimum Gasteiger partial charge on any atom is -0.354 e. The summed E-state index contributed by atoms with van der Waals surface area (Å²) in [4.78, 5) is 13.5. The number of rotatable bonds is 3. The van der Waals surface area contributed by atoms with Crippen molar-refractivity contribution >= 4 is 11.6 Å². The molecule has 20 heavy (non-hydrogen) atoms. The molecule has 1 fully saturated rings. The fourth-order valence-electron chi connectivity index (χ4n) is 2.71. The van der Waals surface area contributed by atoms with Gasteiger partial charge >= 0.3 is 0 Å². The summed E-state index contributed by atoms with van der Waals surface area (Å²) >= 11 is 0. The Morgan fingerprint density at radius 3 is 2.35 bits per heavy atom. The Hall–Kier alpha value is -1.40. The molecule has 2 heterocycles. The number of nitrogen functional groups attached to an aromatic ring is 1. The Morgan fingerprint density at radius 1 is 1.20 bits per heavy atom. The van der Waals surface area contributed by atoms with Crippen LogP contribution in [0.1, 0.15) is 33.3 Å². The second-order valence-corrected chi connectivity index (χ2v) is 6.17. The highest BCUT2D eigenvalue weighted by Crippen LogP contribution is 2.25. The quantitative estimate of drug-likeness (QED) is 0.640. The number of anilines is 2. The monoisotopic (exact) mass is 278 g/mol. The van der Waals surface area contributed by atoms with Crippen LogP contribution < -0.4 is 16.2 Å². The predicted octanol–water partition coefficient (Wildman–Crippen LogP) is 1.25. The number of piperazine rings is 1. The summed E-state index contributed by atoms with van der Waals surface area (Å²) in [5.74, 6) is 7.29. The van der Waals surface area contributed by atoms with Gasteiger partial charge in [0.15, 0.2) is 0 Å². The summed E-state index contributed by atoms with van der Waals surface area (Å²) in [6.07, 6.45) is 2.45. The third kappa shape index (κ3) is 3.02. The number of hydrogen-bond acceptors (Lipinski definition) is 6. The summed E-state index contributed by atoms with van der Waals surface area (Å²) in [6, 6.07) is 0. The van der Waals surface area contributed by atoms with Crippen molar-refractivity contribution in [1.82, 2.24) is 14.9 Å². The molecule has 0 bridgehead atoms. The minimum absolute atomic E-state index is 0.231. The van der Waals surface area contributed by atoms with Crippen molar-refractivity contribution in [3.8, 4) is 0 Å². The average molecular weight is 278 g/mol. The van der Waals surface area contributed by atoms with E-state index in [4.69, 9.17) is 5.84 Å². The fraction of sp³-hybridized carbons (Fsp3) is 0.714. The molecule has 0 atom stereocenters. The molecular formula is C14H26N6. The summed E-state index contributed by atoms with van der Waals surface area (Å²) < 4.78 is 0. The molecule has 6 heteroatoms. The summed E-state index contributed by atoms with van der Waals surface area (Å²) in [6.45, 7) is 13.0. The van der Waals surface area contributed by atoms with Gasteiger partial charge in [-0.25, -0.2) is 15.8 Å². The molecule has 1 aliphatic heterocycles. The zero-order valence-electron chi connectivity index (χ0n) is 13.0. The zero-order valence-corrected chi connectivity index (χ0v) is 13.0. The highest BCUT2D eigenvalue weighted by atomic mass is 15.3. The second-order valence-electron chi connectivity index (χ2n) is 6.17. The first-order valence-corrected chi connectivity index (χ1v) is 7.28. The lowest BCUT2D eigenvalue weighted by atomic mass is 10.0. The highest BCUT2D eigenvalue weighted by Gasteiger charge is 2.27. The zero-order chi connectivity index (χ0) is 14.8. The second kappa shape index (κ2) is 5.93. The predicted molar refractivity (Wildman–Crippen MR) is 82.8 cm³/mol. The van der Waals surface area contributed by atoms with Gasteiger partial charge in [0.25, 0.3) is 0 Å². The molecule has 0 aromatic carbocycles. The molecule has 2 rings (SSSR count). The van der Waals surface area contributed by atoms with Crippen LogP contribution in [-0.4, -0.2) is 46.6 Å². The molecule has 0 saturated carbocycles. The topological polar surface area (TPSA) is 70.3 Å². The molecule has 6 nitrogen and oxygen atoms in total. The van der Waals surface area contributed by atoms with E-state index < -0.39 is 0 Å². The number of hydrogen-bond donors (Lipinski definition) is 2. The maximum Gasteiger partial charge on any atom is 0.148 e. The Bertz CT molecular complexity index is 445. The van der Waals surface area contributed by atoms with E-state index in [1.807, 2.05) is 0 Å². The summed E-state index contributed by atoms with van der Waals surface area (Å²) in [5, 5.41) is 0. The highest BCUT2D eigenvalue weighted by molar-refractivity contribution is 5.58. The third-order valence-electron chi connectivity index (χ3n) is 3.94. The number of nitrogens with two attached hydrogens (primary N) is 1. The standard InChI is InChI=1S/C14H26N6/c1-5-11-12(18-15)16-10-17-13(11)19-6-8-20(9-7-19)14(2,3)4/h10H,5-9,15H2,1-4H3,(H,16,17,18). The molecular weight excluding hydrogens is 252 g/mol. The summed E-state index contributed by atoms with van der Waals surface area (Å²) in [7, 11) is 0. The molecule has 1 aromatic rings. The van der Waals surface area contributed by atoms with E-state index >= 15 is 0 Å². The van der Waals surface area contributed by atoms with Gasteiger partial charge in [0.05, 0.1) is 0 Å². The lowest BCUT2D eigenvalue weighted by molar-refractivity contribution is 0.128. The third-order valence-corrected chi connectivity index (χ3v) is 3.94. The van der Waals surface area contributed by atoms with Crippen molar-refractivity contribution in [2.45, 2.75) is 39.7 Å². The van der Waals surface area contributed by atoms with Gasteiger partial charge in [-0.05, 0) is 27.2 Å². The van der Waals surface area contributed by atoms with Gasteiger partial charge in [-0.2, -0.15) is 0 Å². The molecule has 0 unspecified atom stereocenters. The van der Waals surface area contributed by atoms with Crippen LogP contribution in [0.25, 0.3) is 0 Å². The normalized spacial score (nSPS) is 17.4. The van der Waals surface area contributed by atoms with Crippen molar-refractivity contribution in [2.24, 2.45) is 5.84 Å². The van der Waals surface area contributed by atoms with E-state index in [1.165, 1.54) is 0 Å². The molecule has 0 aliphatic carbocycles. The Balaban J connectivity index is 2.15.